The lowest BCUT2D eigenvalue weighted by Gasteiger charge is -2.21. The number of thiazole rings is 1. The highest BCUT2D eigenvalue weighted by Gasteiger charge is 2.44. The van der Waals surface area contributed by atoms with Gasteiger partial charge in [-0.2, -0.15) is 0 Å². The molecule has 1 fully saturated rings. The van der Waals surface area contributed by atoms with Crippen LogP contribution in [0.15, 0.2) is 52.7 Å². The maximum absolute atomic E-state index is 12.7. The predicted octanol–water partition coefficient (Wildman–Crippen LogP) is 6.04. The number of hydrogen-bond acceptors (Lipinski definition) is 6. The van der Waals surface area contributed by atoms with Crippen molar-refractivity contribution in [2.45, 2.75) is 49.0 Å². The molecule has 1 aliphatic heterocycles. The number of aromatic nitrogens is 1. The number of amides is 1. The van der Waals surface area contributed by atoms with Gasteiger partial charge in [0.1, 0.15) is 0 Å². The lowest BCUT2D eigenvalue weighted by molar-refractivity contribution is -0.0716. The van der Waals surface area contributed by atoms with Crippen molar-refractivity contribution in [3.05, 3.63) is 64.1 Å². The van der Waals surface area contributed by atoms with Crippen molar-refractivity contribution in [2.24, 2.45) is 0 Å². The molecule has 2 aromatic carbocycles. The van der Waals surface area contributed by atoms with Crippen LogP contribution < -0.4 is 14.8 Å². The quantitative estimate of drug-likeness (QED) is 0.492. The van der Waals surface area contributed by atoms with Gasteiger partial charge in [0, 0.05) is 46.2 Å². The van der Waals surface area contributed by atoms with Gasteiger partial charge in [-0.15, -0.1) is 23.1 Å². The monoisotopic (exact) mass is 438 g/mol. The molecular formula is C23H22N2O3S2. The SMILES string of the molecule is Cc1nc(CSc2ccc(C(=O)Nc3ccc4c(c3)OC3(CCCC3)O4)cc2)cs1. The number of ether oxygens (including phenoxy) is 2. The van der Waals surface area contributed by atoms with E-state index in [1.165, 1.54) is 0 Å². The van der Waals surface area contributed by atoms with Crippen LogP contribution in [0.3, 0.4) is 0 Å². The summed E-state index contributed by atoms with van der Waals surface area (Å²) >= 11 is 3.38. The van der Waals surface area contributed by atoms with E-state index < -0.39 is 5.79 Å². The molecule has 30 heavy (non-hydrogen) atoms. The van der Waals surface area contributed by atoms with E-state index in [-0.39, 0.29) is 5.91 Å². The molecule has 1 amide bonds. The number of fused-ring (bicyclic) bond motifs is 1. The zero-order valence-electron chi connectivity index (χ0n) is 16.6. The summed E-state index contributed by atoms with van der Waals surface area (Å²) < 4.78 is 12.1. The first-order chi connectivity index (χ1) is 14.6. The van der Waals surface area contributed by atoms with Crippen LogP contribution in [0.1, 0.15) is 46.7 Å². The summed E-state index contributed by atoms with van der Waals surface area (Å²) in [5, 5.41) is 6.13. The minimum Gasteiger partial charge on any atom is -0.448 e. The molecule has 5 rings (SSSR count). The normalized spacial score (nSPS) is 16.2. The van der Waals surface area contributed by atoms with Crippen LogP contribution >= 0.6 is 23.1 Å². The Morgan fingerprint density at radius 2 is 1.90 bits per heavy atom. The van der Waals surface area contributed by atoms with Gasteiger partial charge in [0.2, 0.25) is 0 Å². The van der Waals surface area contributed by atoms with Crippen molar-refractivity contribution in [3.8, 4) is 11.5 Å². The van der Waals surface area contributed by atoms with E-state index in [4.69, 9.17) is 9.47 Å². The second-order valence-electron chi connectivity index (χ2n) is 7.61. The molecule has 0 bridgehead atoms. The first kappa shape index (κ1) is 19.5. The lowest BCUT2D eigenvalue weighted by Crippen LogP contribution is -2.34. The summed E-state index contributed by atoms with van der Waals surface area (Å²) in [6, 6.07) is 13.2. The van der Waals surface area contributed by atoms with Crippen molar-refractivity contribution >= 4 is 34.7 Å². The number of rotatable bonds is 5. The molecule has 3 aromatic rings. The molecular weight excluding hydrogens is 416 g/mol. The molecule has 2 aliphatic rings. The largest absolute Gasteiger partial charge is 0.448 e. The number of aryl methyl sites for hydroxylation is 1. The number of benzene rings is 2. The Hall–Kier alpha value is -2.51. The van der Waals surface area contributed by atoms with Crippen LogP contribution in [0.25, 0.3) is 0 Å². The zero-order chi connectivity index (χ0) is 20.6. The van der Waals surface area contributed by atoms with Crippen LogP contribution in [0.2, 0.25) is 0 Å². The van der Waals surface area contributed by atoms with Crippen LogP contribution in [-0.4, -0.2) is 16.7 Å². The molecule has 0 radical (unpaired) electrons. The summed E-state index contributed by atoms with van der Waals surface area (Å²) in [6.45, 7) is 2.01. The number of thioether (sulfide) groups is 1. The highest BCUT2D eigenvalue weighted by atomic mass is 32.2. The second-order valence-corrected chi connectivity index (χ2v) is 9.72. The summed E-state index contributed by atoms with van der Waals surface area (Å²) in [5.41, 5.74) is 2.41. The number of carbonyl (C=O) groups is 1. The van der Waals surface area contributed by atoms with Gasteiger partial charge in [-0.05, 0) is 56.2 Å². The summed E-state index contributed by atoms with van der Waals surface area (Å²) in [7, 11) is 0. The van der Waals surface area contributed by atoms with Gasteiger partial charge in [0.15, 0.2) is 11.5 Å². The molecule has 7 heteroatoms. The van der Waals surface area contributed by atoms with Gasteiger partial charge >= 0.3 is 0 Å². The smallest absolute Gasteiger partial charge is 0.255 e. The number of hydrogen-bond donors (Lipinski definition) is 1. The van der Waals surface area contributed by atoms with E-state index in [2.05, 4.69) is 15.7 Å². The molecule has 1 aliphatic carbocycles. The lowest BCUT2D eigenvalue weighted by atomic mass is 10.2. The van der Waals surface area contributed by atoms with Gasteiger partial charge in [-0.25, -0.2) is 4.98 Å². The van der Waals surface area contributed by atoms with Crippen LogP contribution in [0, 0.1) is 6.92 Å². The highest BCUT2D eigenvalue weighted by Crippen LogP contribution is 2.47. The first-order valence-electron chi connectivity index (χ1n) is 10.1. The molecule has 154 valence electrons. The third-order valence-corrected chi connectivity index (χ3v) is 7.20. The van der Waals surface area contributed by atoms with Crippen molar-refractivity contribution in [2.75, 3.05) is 5.32 Å². The fourth-order valence-corrected chi connectivity index (χ4v) is 5.34. The second kappa shape index (κ2) is 7.96. The average molecular weight is 439 g/mol. The van der Waals surface area contributed by atoms with Gasteiger partial charge < -0.3 is 14.8 Å². The van der Waals surface area contributed by atoms with Crippen molar-refractivity contribution in [1.82, 2.24) is 4.98 Å². The molecule has 1 N–H and O–H groups in total. The van der Waals surface area contributed by atoms with Crippen molar-refractivity contribution in [1.29, 1.82) is 0 Å². The Labute approximate surface area is 183 Å². The Balaban J connectivity index is 1.21. The van der Waals surface area contributed by atoms with E-state index in [0.717, 1.165) is 52.8 Å². The molecule has 1 spiro atoms. The summed E-state index contributed by atoms with van der Waals surface area (Å²) in [4.78, 5) is 18.3. The maximum Gasteiger partial charge on any atom is 0.255 e. The molecule has 0 atom stereocenters. The Morgan fingerprint density at radius 3 is 2.63 bits per heavy atom. The minimum atomic E-state index is -0.490. The van der Waals surface area contributed by atoms with Crippen LogP contribution in [0.4, 0.5) is 5.69 Å². The molecule has 0 saturated heterocycles. The molecule has 2 heterocycles. The molecule has 5 nitrogen and oxygen atoms in total. The van der Waals surface area contributed by atoms with E-state index >= 15 is 0 Å². The Morgan fingerprint density at radius 1 is 1.13 bits per heavy atom. The van der Waals surface area contributed by atoms with Gasteiger partial charge in [0.05, 0.1) is 10.7 Å². The van der Waals surface area contributed by atoms with Crippen LogP contribution in [0.5, 0.6) is 11.5 Å². The summed E-state index contributed by atoms with van der Waals surface area (Å²) in [5.74, 6) is 1.66. The van der Waals surface area contributed by atoms with Gasteiger partial charge in [0.25, 0.3) is 11.7 Å². The number of anilines is 1. The predicted molar refractivity (Wildman–Crippen MR) is 120 cm³/mol. The van der Waals surface area contributed by atoms with E-state index in [0.29, 0.717) is 17.0 Å². The molecule has 0 unspecified atom stereocenters. The van der Waals surface area contributed by atoms with E-state index in [1.807, 2.05) is 49.4 Å². The zero-order valence-corrected chi connectivity index (χ0v) is 18.3. The maximum atomic E-state index is 12.7. The molecule has 1 aromatic heterocycles. The summed E-state index contributed by atoms with van der Waals surface area (Å²) in [6.07, 6.45) is 4.07. The minimum absolute atomic E-state index is 0.142. The topological polar surface area (TPSA) is 60.5 Å². The van der Waals surface area contributed by atoms with Crippen molar-refractivity contribution < 1.29 is 14.3 Å². The first-order valence-corrected chi connectivity index (χ1v) is 11.9. The fourth-order valence-electron chi connectivity index (χ4n) is 3.83. The van der Waals surface area contributed by atoms with Crippen molar-refractivity contribution in [3.63, 3.8) is 0 Å². The number of nitrogens with zero attached hydrogens (tertiary/aromatic N) is 1. The van der Waals surface area contributed by atoms with E-state index in [9.17, 15) is 4.79 Å². The Kier molecular flexibility index (Phi) is 5.16. The van der Waals surface area contributed by atoms with Crippen LogP contribution in [-0.2, 0) is 5.75 Å². The highest BCUT2D eigenvalue weighted by molar-refractivity contribution is 7.98. The third kappa shape index (κ3) is 4.04. The fraction of sp³-hybridized carbons (Fsp3) is 0.304. The number of carbonyl (C=O) groups excluding carboxylic acids is 1. The molecule has 1 saturated carbocycles. The average Bonchev–Trinajstić information content (AvgIpc) is 3.46. The van der Waals surface area contributed by atoms with E-state index in [1.54, 1.807) is 23.1 Å². The van der Waals surface area contributed by atoms with Gasteiger partial charge in [-0.3, -0.25) is 4.79 Å². The third-order valence-electron chi connectivity index (χ3n) is 5.33. The number of nitrogens with one attached hydrogen (secondary N) is 1. The van der Waals surface area contributed by atoms with Gasteiger partial charge in [-0.1, -0.05) is 0 Å². The standard InChI is InChI=1S/C23H22N2O3S2/c1-15-24-18(13-29-15)14-30-19-7-4-16(5-8-19)22(26)25-17-6-9-20-21(12-17)28-23(27-20)10-2-3-11-23/h4-9,12-13H,2-3,10-11,14H2,1H3,(H,25,26). The Bertz CT molecular complexity index is 1070.